The fourth-order valence-electron chi connectivity index (χ4n) is 5.36. The van der Waals surface area contributed by atoms with Gasteiger partial charge in [0, 0.05) is 18.1 Å². The lowest BCUT2D eigenvalue weighted by atomic mass is 9.90. The average molecular weight is 527 g/mol. The lowest BCUT2D eigenvalue weighted by molar-refractivity contribution is -0.122. The van der Waals surface area contributed by atoms with Crippen molar-refractivity contribution in [2.45, 2.75) is 63.1 Å². The molecule has 1 amide bonds. The normalized spacial score (nSPS) is 20.6. The van der Waals surface area contributed by atoms with Crippen LogP contribution in [0.3, 0.4) is 0 Å². The zero-order valence-electron chi connectivity index (χ0n) is 20.6. The summed E-state index contributed by atoms with van der Waals surface area (Å²) in [6.07, 6.45) is 5.40. The van der Waals surface area contributed by atoms with Gasteiger partial charge in [-0.05, 0) is 68.2 Å². The van der Waals surface area contributed by atoms with Gasteiger partial charge in [0.1, 0.15) is 17.2 Å². The van der Waals surface area contributed by atoms with E-state index < -0.39 is 11.4 Å². The Labute approximate surface area is 218 Å². The van der Waals surface area contributed by atoms with Gasteiger partial charge in [-0.3, -0.25) is 18.7 Å². The third kappa shape index (κ3) is 5.74. The van der Waals surface area contributed by atoms with Crippen molar-refractivity contribution in [1.29, 1.82) is 0 Å². The lowest BCUT2D eigenvalue weighted by Crippen LogP contribution is -2.46. The fourth-order valence-corrected chi connectivity index (χ4v) is 6.44. The van der Waals surface area contributed by atoms with Gasteiger partial charge in [0.2, 0.25) is 5.91 Å². The summed E-state index contributed by atoms with van der Waals surface area (Å²) >= 11 is 1.84. The number of nitrogens with one attached hydrogen (secondary N) is 1. The van der Waals surface area contributed by atoms with E-state index in [9.17, 15) is 18.8 Å². The summed E-state index contributed by atoms with van der Waals surface area (Å²) in [5.74, 6) is 1.91. The number of nitrogens with zero attached hydrogens (tertiary/aromatic N) is 3. The van der Waals surface area contributed by atoms with Gasteiger partial charge < -0.3 is 10.1 Å². The molecule has 3 aromatic rings. The summed E-state index contributed by atoms with van der Waals surface area (Å²) in [5, 5.41) is 3.20. The van der Waals surface area contributed by atoms with Crippen LogP contribution in [0.4, 0.5) is 4.39 Å². The molecule has 5 rings (SSSR count). The van der Waals surface area contributed by atoms with E-state index in [0.29, 0.717) is 32.3 Å². The topological polar surface area (TPSA) is 95.2 Å². The molecule has 1 aliphatic heterocycles. The molecule has 1 N–H and O–H groups in total. The molecule has 1 saturated heterocycles. The SMILES string of the molecule is O=C(CCOc1ccccc1)NC1CCC(n2c(=O)c3cc(F)cnc3n(C3CCSCC3)c2=O)CC1. The summed E-state index contributed by atoms with van der Waals surface area (Å²) < 4.78 is 22.6. The van der Waals surface area contributed by atoms with Crippen LogP contribution in [0.1, 0.15) is 57.0 Å². The fraction of sp³-hybridized carbons (Fsp3) is 0.481. The second-order valence-electron chi connectivity index (χ2n) is 9.68. The Morgan fingerprint density at radius 2 is 1.73 bits per heavy atom. The summed E-state index contributed by atoms with van der Waals surface area (Å²) in [4.78, 5) is 43.6. The number of para-hydroxylation sites is 1. The number of hydrogen-bond acceptors (Lipinski definition) is 6. The molecule has 0 radical (unpaired) electrons. The highest BCUT2D eigenvalue weighted by Gasteiger charge is 2.29. The second kappa shape index (κ2) is 11.5. The van der Waals surface area contributed by atoms with E-state index in [1.807, 2.05) is 42.1 Å². The smallest absolute Gasteiger partial charge is 0.333 e. The Bertz CT molecular complexity index is 1360. The van der Waals surface area contributed by atoms with E-state index in [1.54, 1.807) is 4.57 Å². The number of aromatic nitrogens is 3. The molecule has 0 bridgehead atoms. The molecular weight excluding hydrogens is 495 g/mol. The number of thioether (sulfide) groups is 1. The maximum Gasteiger partial charge on any atom is 0.333 e. The van der Waals surface area contributed by atoms with Crippen LogP contribution in [-0.2, 0) is 4.79 Å². The first-order valence-corrected chi connectivity index (χ1v) is 14.0. The molecule has 2 fully saturated rings. The van der Waals surface area contributed by atoms with Crippen LogP contribution < -0.4 is 21.3 Å². The van der Waals surface area contributed by atoms with Gasteiger partial charge in [-0.2, -0.15) is 11.8 Å². The van der Waals surface area contributed by atoms with E-state index >= 15 is 0 Å². The molecule has 10 heteroatoms. The van der Waals surface area contributed by atoms with Crippen molar-refractivity contribution < 1.29 is 13.9 Å². The highest BCUT2D eigenvalue weighted by molar-refractivity contribution is 7.99. The number of benzene rings is 1. The highest BCUT2D eigenvalue weighted by Crippen LogP contribution is 2.30. The first-order valence-electron chi connectivity index (χ1n) is 12.9. The van der Waals surface area contributed by atoms with Gasteiger partial charge in [0.15, 0.2) is 0 Å². The molecule has 8 nitrogen and oxygen atoms in total. The van der Waals surface area contributed by atoms with Crippen LogP contribution in [0.15, 0.2) is 52.2 Å². The number of pyridine rings is 1. The van der Waals surface area contributed by atoms with Crippen LogP contribution >= 0.6 is 11.8 Å². The maximum atomic E-state index is 14.1. The van der Waals surface area contributed by atoms with Crippen LogP contribution in [0.2, 0.25) is 0 Å². The molecule has 2 aliphatic rings. The predicted molar refractivity (Wildman–Crippen MR) is 142 cm³/mol. The quantitative estimate of drug-likeness (QED) is 0.503. The van der Waals surface area contributed by atoms with Crippen molar-refractivity contribution >= 4 is 28.7 Å². The summed E-state index contributed by atoms with van der Waals surface area (Å²) in [5.41, 5.74) is -0.582. The number of halogens is 1. The molecule has 1 aliphatic carbocycles. The number of carbonyl (C=O) groups excluding carboxylic acids is 1. The van der Waals surface area contributed by atoms with E-state index in [1.165, 1.54) is 10.6 Å². The molecule has 37 heavy (non-hydrogen) atoms. The Kier molecular flexibility index (Phi) is 7.93. The molecule has 3 heterocycles. The molecule has 0 spiro atoms. The Morgan fingerprint density at radius 1 is 1.03 bits per heavy atom. The van der Waals surface area contributed by atoms with Gasteiger partial charge in [-0.15, -0.1) is 0 Å². The number of rotatable bonds is 7. The second-order valence-corrected chi connectivity index (χ2v) is 10.9. The Morgan fingerprint density at radius 3 is 2.46 bits per heavy atom. The van der Waals surface area contributed by atoms with Gasteiger partial charge in [0.05, 0.1) is 24.6 Å². The number of amides is 1. The lowest BCUT2D eigenvalue weighted by Gasteiger charge is -2.31. The first kappa shape index (κ1) is 25.5. The minimum absolute atomic E-state index is 0.0201. The third-order valence-corrected chi connectivity index (χ3v) is 8.30. The van der Waals surface area contributed by atoms with Crippen molar-refractivity contribution in [3.8, 4) is 5.75 Å². The summed E-state index contributed by atoms with van der Waals surface area (Å²) in [6, 6.07) is 10.2. The zero-order valence-corrected chi connectivity index (χ0v) is 21.4. The molecule has 1 aromatic carbocycles. The van der Waals surface area contributed by atoms with Crippen LogP contribution in [0, 0.1) is 5.82 Å². The largest absolute Gasteiger partial charge is 0.493 e. The summed E-state index contributed by atoms with van der Waals surface area (Å²) in [6.45, 7) is 0.293. The van der Waals surface area contributed by atoms with Crippen molar-refractivity contribution in [2.24, 2.45) is 0 Å². The van der Waals surface area contributed by atoms with Crippen molar-refractivity contribution in [2.75, 3.05) is 18.1 Å². The number of carbonyl (C=O) groups is 1. The van der Waals surface area contributed by atoms with Crippen LogP contribution in [0.25, 0.3) is 11.0 Å². The van der Waals surface area contributed by atoms with E-state index in [4.69, 9.17) is 4.74 Å². The van der Waals surface area contributed by atoms with E-state index in [0.717, 1.165) is 36.3 Å². The molecule has 0 atom stereocenters. The average Bonchev–Trinajstić information content (AvgIpc) is 2.91. The molecule has 1 saturated carbocycles. The molecule has 2 aromatic heterocycles. The van der Waals surface area contributed by atoms with E-state index in [-0.39, 0.29) is 47.2 Å². The van der Waals surface area contributed by atoms with Gasteiger partial charge in [-0.1, -0.05) is 18.2 Å². The maximum absolute atomic E-state index is 14.1. The van der Waals surface area contributed by atoms with E-state index in [2.05, 4.69) is 10.3 Å². The van der Waals surface area contributed by atoms with Gasteiger partial charge in [0.25, 0.3) is 5.56 Å². The number of hydrogen-bond donors (Lipinski definition) is 1. The monoisotopic (exact) mass is 526 g/mol. The predicted octanol–water partition coefficient (Wildman–Crippen LogP) is 3.83. The van der Waals surface area contributed by atoms with Crippen molar-refractivity contribution in [3.05, 3.63) is 69.3 Å². The standard InChI is InChI=1S/C27H31FN4O4S/c28-18-16-23-25(29-17-18)31(21-11-14-37-15-12-21)27(35)32(26(23)34)20-8-6-19(7-9-20)30-24(33)10-13-36-22-4-2-1-3-5-22/h1-5,16-17,19-21H,6-15H2,(H,30,33). The minimum Gasteiger partial charge on any atom is -0.493 e. The van der Waals surface area contributed by atoms with Gasteiger partial charge in [-0.25, -0.2) is 14.2 Å². The minimum atomic E-state index is -0.594. The number of ether oxygens (including phenoxy) is 1. The van der Waals surface area contributed by atoms with Crippen molar-refractivity contribution in [1.82, 2.24) is 19.4 Å². The molecular formula is C27H31FN4O4S. The van der Waals surface area contributed by atoms with Crippen molar-refractivity contribution in [3.63, 3.8) is 0 Å². The van der Waals surface area contributed by atoms with Crippen LogP contribution in [0.5, 0.6) is 5.75 Å². The highest BCUT2D eigenvalue weighted by atomic mass is 32.2. The molecule has 196 valence electrons. The molecule has 0 unspecified atom stereocenters. The number of fused-ring (bicyclic) bond motifs is 1. The van der Waals surface area contributed by atoms with Crippen LogP contribution in [-0.4, -0.2) is 44.2 Å². The first-order chi connectivity index (χ1) is 18.0. The summed E-state index contributed by atoms with van der Waals surface area (Å²) in [7, 11) is 0. The third-order valence-electron chi connectivity index (χ3n) is 7.25. The van der Waals surface area contributed by atoms with Gasteiger partial charge >= 0.3 is 5.69 Å². The Hall–Kier alpha value is -3.14. The zero-order chi connectivity index (χ0) is 25.8. The Balaban J connectivity index is 1.28.